The molecule has 0 heterocycles. The normalized spacial score (nSPS) is 23.6. The predicted octanol–water partition coefficient (Wildman–Crippen LogP) is 7.92. The second-order valence-electron chi connectivity index (χ2n) is 16.8. The number of allylic oxidation sites excluding steroid dienone is 7. The summed E-state index contributed by atoms with van der Waals surface area (Å²) < 4.78 is 22.8. The van der Waals surface area contributed by atoms with Gasteiger partial charge in [0.05, 0.1) is 31.3 Å². The molecule has 9 N–H and O–H groups in total. The van der Waals surface area contributed by atoms with Crippen molar-refractivity contribution in [1.82, 2.24) is 5.32 Å². The first-order valence-corrected chi connectivity index (χ1v) is 25.2. The Balaban J connectivity index is 2.59. The van der Waals surface area contributed by atoms with E-state index in [0.717, 1.165) is 51.4 Å². The van der Waals surface area contributed by atoms with Crippen LogP contribution in [0.5, 0.6) is 0 Å². The maximum atomic E-state index is 13.0. The predicted molar refractivity (Wildman–Crippen MR) is 243 cm³/mol. The number of aliphatic hydroxyl groups is 7. The lowest BCUT2D eigenvalue weighted by Crippen LogP contribution is -2.64. The summed E-state index contributed by atoms with van der Waals surface area (Å²) >= 11 is 0. The lowest BCUT2D eigenvalue weighted by molar-refractivity contribution is -0.220. The van der Waals surface area contributed by atoms with Gasteiger partial charge in [-0.1, -0.05) is 152 Å². The largest absolute Gasteiger partial charge is 0.472 e. The molecule has 0 bridgehead atoms. The highest BCUT2D eigenvalue weighted by molar-refractivity contribution is 7.47. The zero-order valence-electron chi connectivity index (χ0n) is 37.6. The lowest BCUT2D eigenvalue weighted by Gasteiger charge is -2.41. The number of nitrogens with one attached hydrogen (secondary N) is 1. The molecule has 0 aliphatic heterocycles. The summed E-state index contributed by atoms with van der Waals surface area (Å²) in [6, 6.07) is -1.27. The molecule has 1 aliphatic carbocycles. The van der Waals surface area contributed by atoms with Crippen molar-refractivity contribution in [2.45, 2.75) is 236 Å². The van der Waals surface area contributed by atoms with E-state index in [1.807, 2.05) is 0 Å². The topological polar surface area (TPSA) is 226 Å². The van der Waals surface area contributed by atoms with Gasteiger partial charge in [0.15, 0.2) is 0 Å². The Kier molecular flexibility index (Phi) is 34.3. The van der Waals surface area contributed by atoms with Gasteiger partial charge in [0, 0.05) is 0 Å². The average molecular weight is 888 g/mol. The van der Waals surface area contributed by atoms with Crippen LogP contribution in [0.3, 0.4) is 0 Å². The van der Waals surface area contributed by atoms with Crippen molar-refractivity contribution in [3.63, 3.8) is 0 Å². The van der Waals surface area contributed by atoms with Gasteiger partial charge in [0.1, 0.15) is 36.6 Å². The van der Waals surface area contributed by atoms with E-state index in [9.17, 15) is 50.0 Å². The van der Waals surface area contributed by atoms with E-state index in [1.54, 1.807) is 6.08 Å². The second kappa shape index (κ2) is 36.6. The number of phosphoric ester groups is 1. The summed E-state index contributed by atoms with van der Waals surface area (Å²) in [6.45, 7) is 3.70. The number of phosphoric acid groups is 1. The fourth-order valence-electron chi connectivity index (χ4n) is 7.21. The summed E-state index contributed by atoms with van der Waals surface area (Å²) in [7, 11) is -5.16. The first-order valence-electron chi connectivity index (χ1n) is 23.7. The van der Waals surface area contributed by atoms with Crippen molar-refractivity contribution >= 4 is 13.7 Å². The van der Waals surface area contributed by atoms with E-state index >= 15 is 0 Å². The lowest BCUT2D eigenvalue weighted by atomic mass is 9.85. The van der Waals surface area contributed by atoms with Gasteiger partial charge in [0.2, 0.25) is 5.91 Å². The Morgan fingerprint density at radius 3 is 1.44 bits per heavy atom. The van der Waals surface area contributed by atoms with Crippen LogP contribution in [-0.2, 0) is 18.4 Å². The fraction of sp³-hybridized carbons (Fsp3) is 0.809. The van der Waals surface area contributed by atoms with Crippen LogP contribution >= 0.6 is 7.82 Å². The van der Waals surface area contributed by atoms with E-state index in [1.165, 1.54) is 96.0 Å². The third-order valence-electron chi connectivity index (χ3n) is 11.1. The van der Waals surface area contributed by atoms with Crippen LogP contribution in [0.2, 0.25) is 0 Å². The molecule has 1 amide bonds. The maximum absolute atomic E-state index is 13.0. The van der Waals surface area contributed by atoms with Gasteiger partial charge in [-0.25, -0.2) is 4.57 Å². The van der Waals surface area contributed by atoms with Crippen LogP contribution < -0.4 is 5.32 Å². The van der Waals surface area contributed by atoms with Crippen LogP contribution in [0.25, 0.3) is 0 Å². The summed E-state index contributed by atoms with van der Waals surface area (Å²) in [6.07, 6.45) is 29.1. The minimum atomic E-state index is -5.16. The molecular weight excluding hydrogens is 801 g/mol. The summed E-state index contributed by atoms with van der Waals surface area (Å²) in [5, 5.41) is 74.4. The molecule has 0 saturated heterocycles. The maximum Gasteiger partial charge on any atom is 0.472 e. The van der Waals surface area contributed by atoms with Crippen molar-refractivity contribution in [1.29, 1.82) is 0 Å². The molecule has 8 atom stereocenters. The number of aliphatic hydroxyl groups excluding tert-OH is 7. The van der Waals surface area contributed by atoms with Crippen molar-refractivity contribution < 1.29 is 59.0 Å². The van der Waals surface area contributed by atoms with Crippen LogP contribution in [0.15, 0.2) is 48.6 Å². The van der Waals surface area contributed by atoms with Gasteiger partial charge >= 0.3 is 7.82 Å². The first-order chi connectivity index (χ1) is 29.3. The van der Waals surface area contributed by atoms with Crippen molar-refractivity contribution in [3.8, 4) is 0 Å². The molecule has 1 fully saturated rings. The van der Waals surface area contributed by atoms with Gasteiger partial charge in [0.25, 0.3) is 0 Å². The number of hydrogen-bond acceptors (Lipinski definition) is 11. The van der Waals surface area contributed by atoms with E-state index in [0.29, 0.717) is 19.3 Å². The molecule has 0 aromatic heterocycles. The second-order valence-corrected chi connectivity index (χ2v) is 18.2. The van der Waals surface area contributed by atoms with E-state index in [4.69, 9.17) is 9.05 Å². The highest BCUT2D eigenvalue weighted by Crippen LogP contribution is 2.47. The molecule has 356 valence electrons. The van der Waals surface area contributed by atoms with Crippen LogP contribution in [0.1, 0.15) is 181 Å². The van der Waals surface area contributed by atoms with Gasteiger partial charge < -0.3 is 46.0 Å². The molecule has 1 rings (SSSR count). The van der Waals surface area contributed by atoms with Crippen molar-refractivity contribution in [3.05, 3.63) is 48.6 Å². The highest BCUT2D eigenvalue weighted by Gasteiger charge is 2.51. The minimum absolute atomic E-state index is 0.267. The highest BCUT2D eigenvalue weighted by atomic mass is 31.2. The standard InChI is InChI=1S/C47H86NO12P/c1-3-5-7-9-11-13-15-17-19-21-22-24-26-28-30-32-34-38(49)36-41(51)48-39(37-59-61(57,58)60-47-45(55)43(53)42(52)44(54)46(47)56)40(50)35-33-31-29-27-25-23-20-18-16-14-12-10-8-6-4-2/h16,18,22,24-25,27,33,35,38-40,42-47,49-50,52-56H,3-15,17,19-21,23,26,28-32,34,36-37H2,1-2H3,(H,48,51)(H,57,58)/b18-16+,24-22-,27-25+,35-33+. The first kappa shape index (κ1) is 57.3. The van der Waals surface area contributed by atoms with Gasteiger partial charge in [-0.05, 0) is 70.6 Å². The van der Waals surface area contributed by atoms with Crippen molar-refractivity contribution in [2.24, 2.45) is 0 Å². The molecule has 1 saturated carbocycles. The number of carbonyl (C=O) groups is 1. The Hall–Kier alpha value is -1.74. The van der Waals surface area contributed by atoms with Crippen LogP contribution in [0, 0.1) is 0 Å². The third-order valence-corrected chi connectivity index (χ3v) is 12.1. The Bertz CT molecular complexity index is 1230. The Labute approximate surface area is 368 Å². The number of hydrogen-bond donors (Lipinski definition) is 9. The molecule has 14 heteroatoms. The molecule has 0 aromatic rings. The zero-order chi connectivity index (χ0) is 45.1. The van der Waals surface area contributed by atoms with Crippen LogP contribution in [0.4, 0.5) is 0 Å². The van der Waals surface area contributed by atoms with Crippen molar-refractivity contribution in [2.75, 3.05) is 6.61 Å². The fourth-order valence-corrected chi connectivity index (χ4v) is 8.17. The third kappa shape index (κ3) is 28.6. The van der Waals surface area contributed by atoms with Gasteiger partial charge in [-0.2, -0.15) is 0 Å². The van der Waals surface area contributed by atoms with Gasteiger partial charge in [-0.15, -0.1) is 0 Å². The van der Waals surface area contributed by atoms with Gasteiger partial charge in [-0.3, -0.25) is 13.8 Å². The smallest absolute Gasteiger partial charge is 0.393 e. The number of amides is 1. The molecule has 1 aliphatic rings. The number of carbonyl (C=O) groups excluding carboxylic acids is 1. The zero-order valence-corrected chi connectivity index (χ0v) is 38.5. The quantitative estimate of drug-likeness (QED) is 0.0164. The molecule has 8 unspecified atom stereocenters. The Morgan fingerprint density at radius 2 is 0.967 bits per heavy atom. The van der Waals surface area contributed by atoms with E-state index in [2.05, 4.69) is 55.6 Å². The molecule has 0 spiro atoms. The minimum Gasteiger partial charge on any atom is -0.393 e. The summed E-state index contributed by atoms with van der Waals surface area (Å²) in [4.78, 5) is 23.4. The summed E-state index contributed by atoms with van der Waals surface area (Å²) in [5.74, 6) is -0.617. The number of rotatable bonds is 38. The molecule has 0 radical (unpaired) electrons. The SMILES string of the molecule is CCCCCCC/C=C/CC/C=C/CC/C=C/C(O)C(COP(=O)(O)OC1C(O)C(O)C(O)C(O)C1O)NC(=O)CC(O)CCCCC/C=C\CCCCCCCCCCC. The summed E-state index contributed by atoms with van der Waals surface area (Å²) in [5.41, 5.74) is 0. The molecule has 61 heavy (non-hydrogen) atoms. The Morgan fingerprint density at radius 1 is 0.574 bits per heavy atom. The number of unbranched alkanes of at least 4 members (excludes halogenated alkanes) is 19. The van der Waals surface area contributed by atoms with E-state index in [-0.39, 0.29) is 6.42 Å². The molecule has 13 nitrogen and oxygen atoms in total. The van der Waals surface area contributed by atoms with E-state index < -0.39 is 75.2 Å². The molecular formula is C47H86NO12P. The van der Waals surface area contributed by atoms with Crippen LogP contribution in [-0.4, -0.2) is 108 Å². The average Bonchev–Trinajstić information content (AvgIpc) is 3.23. The molecule has 0 aromatic carbocycles. The monoisotopic (exact) mass is 888 g/mol.